The molecule has 1 atom stereocenters. The fourth-order valence-corrected chi connectivity index (χ4v) is 3.82. The van der Waals surface area contributed by atoms with Crippen LogP contribution in [0, 0.1) is 0 Å². The lowest BCUT2D eigenvalue weighted by Crippen LogP contribution is -2.52. The van der Waals surface area contributed by atoms with E-state index in [-0.39, 0.29) is 28.8 Å². The van der Waals surface area contributed by atoms with E-state index in [1.54, 1.807) is 24.5 Å². The third-order valence-electron chi connectivity index (χ3n) is 5.32. The fourth-order valence-electron chi connectivity index (χ4n) is 3.66. The Kier molecular flexibility index (Phi) is 5.77. The fraction of sp³-hybridized carbons (Fsp3) is 0.174. The number of pyridine rings is 1. The number of halogens is 1. The molecule has 1 aliphatic heterocycles. The SMILES string of the molecule is O=C(NCc1ccncc1)[C@H]1Cc2ccccc2CN1C(=O)c1cc(Cl)c(O)cc1O. The molecule has 3 aromatic rings. The molecule has 7 nitrogen and oxygen atoms in total. The predicted molar refractivity (Wildman–Crippen MR) is 115 cm³/mol. The topological polar surface area (TPSA) is 103 Å². The number of amides is 2. The summed E-state index contributed by atoms with van der Waals surface area (Å²) < 4.78 is 0. The van der Waals surface area contributed by atoms with Crippen LogP contribution in [0.5, 0.6) is 11.5 Å². The van der Waals surface area contributed by atoms with Crippen molar-refractivity contribution >= 4 is 23.4 Å². The number of carbonyl (C=O) groups excluding carboxylic acids is 2. The highest BCUT2D eigenvalue weighted by Gasteiger charge is 2.36. The predicted octanol–water partition coefficient (Wildman–Crippen LogP) is 3.03. The molecule has 1 aliphatic rings. The van der Waals surface area contributed by atoms with Gasteiger partial charge in [0, 0.05) is 38.0 Å². The van der Waals surface area contributed by atoms with Crippen molar-refractivity contribution < 1.29 is 19.8 Å². The van der Waals surface area contributed by atoms with E-state index in [4.69, 9.17) is 11.6 Å². The Morgan fingerprint density at radius 2 is 1.77 bits per heavy atom. The Bertz CT molecular complexity index is 1140. The number of nitrogens with zero attached hydrogens (tertiary/aromatic N) is 2. The van der Waals surface area contributed by atoms with Crippen LogP contribution in [-0.2, 0) is 24.3 Å². The zero-order valence-corrected chi connectivity index (χ0v) is 17.2. The lowest BCUT2D eigenvalue weighted by atomic mass is 9.92. The molecule has 3 N–H and O–H groups in total. The summed E-state index contributed by atoms with van der Waals surface area (Å²) in [4.78, 5) is 31.8. The van der Waals surface area contributed by atoms with Gasteiger partial charge in [0.2, 0.25) is 5.91 Å². The van der Waals surface area contributed by atoms with Crippen molar-refractivity contribution in [2.45, 2.75) is 25.6 Å². The summed E-state index contributed by atoms with van der Waals surface area (Å²) in [5.41, 5.74) is 2.73. The molecule has 0 spiro atoms. The number of aromatic nitrogens is 1. The highest BCUT2D eigenvalue weighted by Crippen LogP contribution is 2.33. The van der Waals surface area contributed by atoms with Gasteiger partial charge in [-0.2, -0.15) is 0 Å². The zero-order chi connectivity index (χ0) is 22.0. The number of benzene rings is 2. The first-order valence-corrected chi connectivity index (χ1v) is 10.1. The first-order valence-electron chi connectivity index (χ1n) is 9.70. The molecule has 0 bridgehead atoms. The van der Waals surface area contributed by atoms with Crippen molar-refractivity contribution in [1.29, 1.82) is 0 Å². The van der Waals surface area contributed by atoms with Gasteiger partial charge in [0.05, 0.1) is 10.6 Å². The monoisotopic (exact) mass is 437 g/mol. The number of aromatic hydroxyl groups is 2. The minimum Gasteiger partial charge on any atom is -0.507 e. The minimum atomic E-state index is -0.767. The highest BCUT2D eigenvalue weighted by atomic mass is 35.5. The Balaban J connectivity index is 1.63. The van der Waals surface area contributed by atoms with E-state index in [9.17, 15) is 19.8 Å². The Labute approximate surface area is 183 Å². The lowest BCUT2D eigenvalue weighted by molar-refractivity contribution is -0.126. The summed E-state index contributed by atoms with van der Waals surface area (Å²) in [6.07, 6.45) is 3.63. The van der Waals surface area contributed by atoms with Gasteiger partial charge in [-0.1, -0.05) is 35.9 Å². The molecule has 2 aromatic carbocycles. The van der Waals surface area contributed by atoms with E-state index in [0.717, 1.165) is 22.8 Å². The van der Waals surface area contributed by atoms with Crippen LogP contribution in [0.2, 0.25) is 5.02 Å². The standard InChI is InChI=1S/C23H20ClN3O4/c24-18-10-17(20(28)11-21(18)29)23(31)27-13-16-4-2-1-3-15(16)9-19(27)22(30)26-12-14-5-7-25-8-6-14/h1-8,10-11,19,28-29H,9,12-13H2,(H,26,30)/t19-/m1/s1. The van der Waals surface area contributed by atoms with Gasteiger partial charge < -0.3 is 20.4 Å². The van der Waals surface area contributed by atoms with E-state index in [1.165, 1.54) is 11.0 Å². The molecule has 2 heterocycles. The number of phenols is 2. The van der Waals surface area contributed by atoms with Gasteiger partial charge in [-0.15, -0.1) is 0 Å². The summed E-state index contributed by atoms with van der Waals surface area (Å²) in [6.45, 7) is 0.512. The first-order chi connectivity index (χ1) is 14.9. The maximum Gasteiger partial charge on any atom is 0.258 e. The average molecular weight is 438 g/mol. The smallest absolute Gasteiger partial charge is 0.258 e. The molecule has 158 valence electrons. The summed E-state index contributed by atoms with van der Waals surface area (Å²) in [7, 11) is 0. The number of carbonyl (C=O) groups is 2. The number of hydrogen-bond acceptors (Lipinski definition) is 5. The zero-order valence-electron chi connectivity index (χ0n) is 16.5. The molecule has 8 heteroatoms. The maximum atomic E-state index is 13.3. The summed E-state index contributed by atoms with van der Waals surface area (Å²) in [6, 6.07) is 12.7. The molecule has 0 radical (unpaired) electrons. The maximum absolute atomic E-state index is 13.3. The van der Waals surface area contributed by atoms with Crippen molar-refractivity contribution in [1.82, 2.24) is 15.2 Å². The second-order valence-corrected chi connectivity index (χ2v) is 7.72. The molecule has 0 saturated carbocycles. The van der Waals surface area contributed by atoms with E-state index < -0.39 is 17.7 Å². The van der Waals surface area contributed by atoms with Crippen molar-refractivity contribution in [3.8, 4) is 11.5 Å². The van der Waals surface area contributed by atoms with Crippen LogP contribution in [-0.4, -0.2) is 38.0 Å². The van der Waals surface area contributed by atoms with Crippen LogP contribution >= 0.6 is 11.6 Å². The van der Waals surface area contributed by atoms with Gasteiger partial charge in [0.1, 0.15) is 17.5 Å². The van der Waals surface area contributed by atoms with Crippen LogP contribution in [0.1, 0.15) is 27.0 Å². The van der Waals surface area contributed by atoms with Crippen molar-refractivity contribution in [2.24, 2.45) is 0 Å². The number of rotatable bonds is 4. The Morgan fingerprint density at radius 3 is 2.52 bits per heavy atom. The van der Waals surface area contributed by atoms with Gasteiger partial charge >= 0.3 is 0 Å². The second-order valence-electron chi connectivity index (χ2n) is 7.32. The third kappa shape index (κ3) is 4.32. The highest BCUT2D eigenvalue weighted by molar-refractivity contribution is 6.32. The van der Waals surface area contributed by atoms with Gasteiger partial charge in [0.25, 0.3) is 5.91 Å². The summed E-state index contributed by atoms with van der Waals surface area (Å²) in [5, 5.41) is 22.7. The van der Waals surface area contributed by atoms with E-state index in [1.807, 2.05) is 24.3 Å². The number of fused-ring (bicyclic) bond motifs is 1. The van der Waals surface area contributed by atoms with Gasteiger partial charge in [-0.05, 0) is 34.9 Å². The molecule has 31 heavy (non-hydrogen) atoms. The first kappa shape index (κ1) is 20.7. The number of nitrogens with one attached hydrogen (secondary N) is 1. The van der Waals surface area contributed by atoms with Crippen LogP contribution in [0.3, 0.4) is 0 Å². The van der Waals surface area contributed by atoms with E-state index in [2.05, 4.69) is 10.3 Å². The molecular formula is C23H20ClN3O4. The van der Waals surface area contributed by atoms with Crippen molar-refractivity contribution in [3.63, 3.8) is 0 Å². The van der Waals surface area contributed by atoms with Crippen molar-refractivity contribution in [3.05, 3.63) is 88.2 Å². The summed E-state index contributed by atoms with van der Waals surface area (Å²) in [5.74, 6) is -1.57. The van der Waals surface area contributed by atoms with Gasteiger partial charge in [0.15, 0.2) is 0 Å². The van der Waals surface area contributed by atoms with Crippen LogP contribution in [0.15, 0.2) is 60.9 Å². The molecule has 0 fully saturated rings. The largest absolute Gasteiger partial charge is 0.507 e. The van der Waals surface area contributed by atoms with Gasteiger partial charge in [-0.25, -0.2) is 0 Å². The molecule has 2 amide bonds. The minimum absolute atomic E-state index is 0.0581. The lowest BCUT2D eigenvalue weighted by Gasteiger charge is -2.36. The van der Waals surface area contributed by atoms with Crippen molar-refractivity contribution in [2.75, 3.05) is 0 Å². The number of hydrogen-bond donors (Lipinski definition) is 3. The van der Waals surface area contributed by atoms with E-state index in [0.29, 0.717) is 13.0 Å². The van der Waals surface area contributed by atoms with Crippen LogP contribution < -0.4 is 5.32 Å². The van der Waals surface area contributed by atoms with Gasteiger partial charge in [-0.3, -0.25) is 14.6 Å². The Morgan fingerprint density at radius 1 is 1.06 bits per heavy atom. The summed E-state index contributed by atoms with van der Waals surface area (Å²) >= 11 is 5.95. The average Bonchev–Trinajstić information content (AvgIpc) is 2.79. The molecular weight excluding hydrogens is 418 g/mol. The molecule has 0 unspecified atom stereocenters. The molecule has 0 saturated heterocycles. The second kappa shape index (κ2) is 8.65. The molecule has 1 aromatic heterocycles. The number of phenolic OH excluding ortho intramolecular Hbond substituents is 2. The normalized spacial score (nSPS) is 15.3. The van der Waals surface area contributed by atoms with Crippen LogP contribution in [0.4, 0.5) is 0 Å². The quantitative estimate of drug-likeness (QED) is 0.582. The molecule has 0 aliphatic carbocycles. The molecule has 4 rings (SSSR count). The third-order valence-corrected chi connectivity index (χ3v) is 5.63. The van der Waals surface area contributed by atoms with E-state index >= 15 is 0 Å². The Hall–Kier alpha value is -3.58. The van der Waals surface area contributed by atoms with Crippen LogP contribution in [0.25, 0.3) is 0 Å².